The van der Waals surface area contributed by atoms with E-state index in [0.29, 0.717) is 30.3 Å². The fourth-order valence-electron chi connectivity index (χ4n) is 2.35. The number of ether oxygens (including phenoxy) is 3. The quantitative estimate of drug-likeness (QED) is 0.795. The molecule has 0 spiro atoms. The monoisotopic (exact) mass is 339 g/mol. The summed E-state index contributed by atoms with van der Waals surface area (Å²) in [6.07, 6.45) is 1.41. The van der Waals surface area contributed by atoms with E-state index in [9.17, 15) is 4.79 Å². The van der Waals surface area contributed by atoms with Crippen molar-refractivity contribution in [1.29, 1.82) is 5.26 Å². The van der Waals surface area contributed by atoms with Crippen molar-refractivity contribution >= 4 is 5.91 Å². The van der Waals surface area contributed by atoms with Crippen molar-refractivity contribution in [2.75, 3.05) is 26.8 Å². The van der Waals surface area contributed by atoms with Gasteiger partial charge in [-0.1, -0.05) is 0 Å². The fourth-order valence-corrected chi connectivity index (χ4v) is 2.35. The highest BCUT2D eigenvalue weighted by atomic mass is 16.5. The largest absolute Gasteiger partial charge is 0.497 e. The highest BCUT2D eigenvalue weighted by Gasteiger charge is 2.33. The maximum atomic E-state index is 12.1. The Bertz CT molecular complexity index is 780. The number of carbonyl (C=O) groups excluding carboxylic acids is 1. The second-order valence-corrected chi connectivity index (χ2v) is 5.47. The Balaban J connectivity index is 1.44. The topological polar surface area (TPSA) is 84.7 Å². The Labute approximate surface area is 145 Å². The number of hydrogen-bond acceptors (Lipinski definition) is 6. The van der Waals surface area contributed by atoms with Crippen LogP contribution in [0.3, 0.4) is 0 Å². The summed E-state index contributed by atoms with van der Waals surface area (Å²) in [6.45, 7) is 0.866. The number of nitrogens with zero attached hydrogens (tertiary/aromatic N) is 3. The average Bonchev–Trinajstić information content (AvgIpc) is 2.63. The number of likely N-dealkylation sites (tertiary alicyclic amines) is 1. The van der Waals surface area contributed by atoms with Crippen LogP contribution in [0.4, 0.5) is 0 Å². The van der Waals surface area contributed by atoms with Gasteiger partial charge in [-0.15, -0.1) is 0 Å². The molecule has 0 aliphatic carbocycles. The molecular formula is C18H17N3O4. The smallest absolute Gasteiger partial charge is 0.260 e. The van der Waals surface area contributed by atoms with Crippen LogP contribution in [0.5, 0.6) is 17.4 Å². The predicted molar refractivity (Wildman–Crippen MR) is 88.4 cm³/mol. The zero-order valence-electron chi connectivity index (χ0n) is 13.7. The second-order valence-electron chi connectivity index (χ2n) is 5.47. The van der Waals surface area contributed by atoms with E-state index in [1.54, 1.807) is 54.6 Å². The van der Waals surface area contributed by atoms with E-state index in [1.165, 1.54) is 0 Å². The lowest BCUT2D eigenvalue weighted by atomic mass is 10.1. The number of rotatable bonds is 6. The molecule has 2 heterocycles. The van der Waals surface area contributed by atoms with Gasteiger partial charge in [-0.3, -0.25) is 4.79 Å². The van der Waals surface area contributed by atoms with Crippen LogP contribution in [0.25, 0.3) is 0 Å². The van der Waals surface area contributed by atoms with Crippen molar-refractivity contribution in [3.8, 4) is 23.4 Å². The van der Waals surface area contributed by atoms with E-state index in [0.717, 1.165) is 5.75 Å². The average molecular weight is 339 g/mol. The van der Waals surface area contributed by atoms with Crippen LogP contribution < -0.4 is 14.2 Å². The van der Waals surface area contributed by atoms with Crippen LogP contribution in [0, 0.1) is 11.3 Å². The zero-order valence-corrected chi connectivity index (χ0v) is 13.7. The minimum Gasteiger partial charge on any atom is -0.497 e. The van der Waals surface area contributed by atoms with Gasteiger partial charge in [-0.2, -0.15) is 5.26 Å². The molecule has 1 aliphatic heterocycles. The van der Waals surface area contributed by atoms with E-state index < -0.39 is 0 Å². The first-order valence-corrected chi connectivity index (χ1v) is 7.76. The fraction of sp³-hybridized carbons (Fsp3) is 0.278. The van der Waals surface area contributed by atoms with Crippen molar-refractivity contribution in [2.24, 2.45) is 0 Å². The Hall–Kier alpha value is -3.27. The molecule has 2 aromatic rings. The number of benzene rings is 1. The summed E-state index contributed by atoms with van der Waals surface area (Å²) in [5, 5.41) is 9.01. The minimum absolute atomic E-state index is 0.0356. The maximum absolute atomic E-state index is 12.1. The van der Waals surface area contributed by atoms with Crippen molar-refractivity contribution in [1.82, 2.24) is 9.88 Å². The standard InChI is InChI=1S/C18H17N3O4/c1-23-14-4-6-15(7-5-14)24-12-17(22)21-10-16(11-21)25-18-13(9-19)3-2-8-20-18/h2-8,16H,10-12H2,1H3. The summed E-state index contributed by atoms with van der Waals surface area (Å²) in [6, 6.07) is 12.4. The molecule has 1 amide bonds. The third-order valence-corrected chi connectivity index (χ3v) is 3.79. The zero-order chi connectivity index (χ0) is 17.6. The number of carbonyl (C=O) groups is 1. The van der Waals surface area contributed by atoms with Gasteiger partial charge in [0.05, 0.1) is 20.2 Å². The lowest BCUT2D eigenvalue weighted by Gasteiger charge is -2.38. The van der Waals surface area contributed by atoms with Gasteiger partial charge >= 0.3 is 0 Å². The summed E-state index contributed by atoms with van der Waals surface area (Å²) in [5.74, 6) is 1.52. The Morgan fingerprint density at radius 3 is 2.68 bits per heavy atom. The van der Waals surface area contributed by atoms with Crippen LogP contribution >= 0.6 is 0 Å². The Morgan fingerprint density at radius 2 is 2.00 bits per heavy atom. The normalized spacial score (nSPS) is 13.5. The van der Waals surface area contributed by atoms with Crippen LogP contribution in [0.1, 0.15) is 5.56 Å². The molecule has 0 atom stereocenters. The third-order valence-electron chi connectivity index (χ3n) is 3.79. The molecule has 1 fully saturated rings. The van der Waals surface area contributed by atoms with E-state index in [2.05, 4.69) is 4.98 Å². The highest BCUT2D eigenvalue weighted by molar-refractivity contribution is 5.78. The lowest BCUT2D eigenvalue weighted by molar-refractivity contribution is -0.142. The van der Waals surface area contributed by atoms with Crippen LogP contribution in [0.2, 0.25) is 0 Å². The lowest BCUT2D eigenvalue weighted by Crippen LogP contribution is -2.57. The minimum atomic E-state index is -0.160. The van der Waals surface area contributed by atoms with Crippen molar-refractivity contribution < 1.29 is 19.0 Å². The summed E-state index contributed by atoms with van der Waals surface area (Å²) >= 11 is 0. The molecule has 1 saturated heterocycles. The molecule has 0 saturated carbocycles. The van der Waals surface area contributed by atoms with Gasteiger partial charge in [0.1, 0.15) is 29.2 Å². The first-order chi connectivity index (χ1) is 12.2. The molecule has 7 heteroatoms. The molecule has 128 valence electrons. The van der Waals surface area contributed by atoms with Crippen LogP contribution in [0.15, 0.2) is 42.6 Å². The molecule has 1 aliphatic rings. The van der Waals surface area contributed by atoms with Gasteiger partial charge < -0.3 is 19.1 Å². The van der Waals surface area contributed by atoms with E-state index in [1.807, 2.05) is 6.07 Å². The van der Waals surface area contributed by atoms with Gasteiger partial charge in [-0.25, -0.2) is 4.98 Å². The summed E-state index contributed by atoms with van der Waals surface area (Å²) in [7, 11) is 1.59. The number of nitriles is 1. The molecule has 1 aromatic carbocycles. The molecule has 0 radical (unpaired) electrons. The van der Waals surface area contributed by atoms with Gasteiger partial charge in [0.15, 0.2) is 6.61 Å². The van der Waals surface area contributed by atoms with Crippen molar-refractivity contribution in [2.45, 2.75) is 6.10 Å². The summed E-state index contributed by atoms with van der Waals surface area (Å²) in [4.78, 5) is 17.8. The molecular weight excluding hydrogens is 322 g/mol. The first kappa shape index (κ1) is 16.6. The van der Waals surface area contributed by atoms with Gasteiger partial charge in [0.2, 0.25) is 5.88 Å². The number of hydrogen-bond donors (Lipinski definition) is 0. The predicted octanol–water partition coefficient (Wildman–Crippen LogP) is 1.63. The molecule has 1 aromatic heterocycles. The molecule has 7 nitrogen and oxygen atoms in total. The summed E-state index contributed by atoms with van der Waals surface area (Å²) < 4.78 is 16.2. The van der Waals surface area contributed by atoms with Gasteiger partial charge in [0.25, 0.3) is 5.91 Å². The Morgan fingerprint density at radius 1 is 1.28 bits per heavy atom. The molecule has 0 bridgehead atoms. The number of amides is 1. The van der Waals surface area contributed by atoms with Crippen LogP contribution in [-0.4, -0.2) is 48.7 Å². The van der Waals surface area contributed by atoms with Crippen LogP contribution in [-0.2, 0) is 4.79 Å². The SMILES string of the molecule is COc1ccc(OCC(=O)N2CC(Oc3ncccc3C#N)C2)cc1. The molecule has 3 rings (SSSR count). The number of aromatic nitrogens is 1. The molecule has 0 N–H and O–H groups in total. The highest BCUT2D eigenvalue weighted by Crippen LogP contribution is 2.20. The number of methoxy groups -OCH3 is 1. The maximum Gasteiger partial charge on any atom is 0.260 e. The molecule has 0 unspecified atom stereocenters. The molecule has 25 heavy (non-hydrogen) atoms. The van der Waals surface area contributed by atoms with E-state index >= 15 is 0 Å². The van der Waals surface area contributed by atoms with E-state index in [-0.39, 0.29) is 18.6 Å². The van der Waals surface area contributed by atoms with E-state index in [4.69, 9.17) is 19.5 Å². The second kappa shape index (κ2) is 7.53. The first-order valence-electron chi connectivity index (χ1n) is 7.76. The van der Waals surface area contributed by atoms with Gasteiger partial charge in [-0.05, 0) is 36.4 Å². The Kier molecular flexibility index (Phi) is 5.00. The van der Waals surface area contributed by atoms with Crippen molar-refractivity contribution in [3.05, 3.63) is 48.2 Å². The number of pyridine rings is 1. The summed E-state index contributed by atoms with van der Waals surface area (Å²) in [5.41, 5.74) is 0.384. The van der Waals surface area contributed by atoms with Crippen molar-refractivity contribution in [3.63, 3.8) is 0 Å². The van der Waals surface area contributed by atoms with Gasteiger partial charge in [0, 0.05) is 6.20 Å². The third kappa shape index (κ3) is 3.98.